The Bertz CT molecular complexity index is 402. The van der Waals surface area contributed by atoms with E-state index in [4.69, 9.17) is 14.9 Å². The number of rotatable bonds is 1. The zero-order valence-corrected chi connectivity index (χ0v) is 9.69. The lowest BCUT2D eigenvalue weighted by molar-refractivity contribution is 0.0636. The van der Waals surface area contributed by atoms with E-state index in [1.165, 1.54) is 5.56 Å². The average molecular weight is 232 g/mol. The largest absolute Gasteiger partial charge is 0.482 e. The van der Waals surface area contributed by atoms with Gasteiger partial charge in [-0.15, -0.1) is 0 Å². The molecule has 0 amide bonds. The predicted molar refractivity (Wildman–Crippen MR) is 64.7 cm³/mol. The molecule has 0 radical (unpaired) electrons. The van der Waals surface area contributed by atoms with Gasteiger partial charge in [-0.2, -0.15) is 0 Å². The molecule has 2 heterocycles. The molecule has 1 aromatic rings. The molecule has 1 fully saturated rings. The second kappa shape index (κ2) is 4.37. The number of amidine groups is 1. The predicted octanol–water partition coefficient (Wildman–Crippen LogP) is 1.30. The van der Waals surface area contributed by atoms with Crippen molar-refractivity contribution in [2.24, 2.45) is 0 Å². The van der Waals surface area contributed by atoms with Gasteiger partial charge in [0, 0.05) is 19.5 Å². The fourth-order valence-electron chi connectivity index (χ4n) is 2.34. The Labute approximate surface area is 101 Å². The molecule has 3 rings (SSSR count). The van der Waals surface area contributed by atoms with Crippen LogP contribution in [0, 0.1) is 5.41 Å². The minimum atomic E-state index is -0.120. The minimum absolute atomic E-state index is 0.120. The van der Waals surface area contributed by atoms with Gasteiger partial charge in [0.15, 0.2) is 6.10 Å². The lowest BCUT2D eigenvalue weighted by Gasteiger charge is -2.31. The van der Waals surface area contributed by atoms with E-state index >= 15 is 0 Å². The first-order chi connectivity index (χ1) is 8.34. The zero-order chi connectivity index (χ0) is 11.7. The van der Waals surface area contributed by atoms with Gasteiger partial charge in [-0.05, 0) is 11.6 Å². The normalized spacial score (nSPS) is 23.1. The van der Waals surface area contributed by atoms with E-state index in [0.29, 0.717) is 19.0 Å². The van der Waals surface area contributed by atoms with Crippen LogP contribution >= 0.6 is 0 Å². The molecule has 0 aromatic heterocycles. The number of benzene rings is 1. The maximum atomic E-state index is 8.20. The molecule has 1 atom stereocenters. The number of ether oxygens (including phenoxy) is 2. The Morgan fingerprint density at radius 3 is 2.76 bits per heavy atom. The van der Waals surface area contributed by atoms with E-state index in [0.717, 1.165) is 25.3 Å². The fourth-order valence-corrected chi connectivity index (χ4v) is 2.34. The molecule has 17 heavy (non-hydrogen) atoms. The van der Waals surface area contributed by atoms with E-state index in [-0.39, 0.29) is 6.10 Å². The molecule has 1 unspecified atom stereocenters. The summed E-state index contributed by atoms with van der Waals surface area (Å²) in [6, 6.07) is 8.03. The Balaban J connectivity index is 1.69. The summed E-state index contributed by atoms with van der Waals surface area (Å²) in [4.78, 5) is 2.06. The standard InChI is InChI=1S/C13H16N2O2/c14-13(15-5-7-16-8-6-15)12-9-10-3-1-2-4-11(10)17-12/h1-4,12,14H,5-9H2. The van der Waals surface area contributed by atoms with Crippen LogP contribution in [0.2, 0.25) is 0 Å². The highest BCUT2D eigenvalue weighted by Gasteiger charge is 2.29. The van der Waals surface area contributed by atoms with E-state index in [1.54, 1.807) is 0 Å². The summed E-state index contributed by atoms with van der Waals surface area (Å²) in [5, 5.41) is 8.20. The van der Waals surface area contributed by atoms with Crippen LogP contribution in [0.3, 0.4) is 0 Å². The van der Waals surface area contributed by atoms with E-state index in [9.17, 15) is 0 Å². The Morgan fingerprint density at radius 1 is 1.24 bits per heavy atom. The van der Waals surface area contributed by atoms with Crippen LogP contribution in [-0.2, 0) is 11.2 Å². The molecular formula is C13H16N2O2. The van der Waals surface area contributed by atoms with Gasteiger partial charge >= 0.3 is 0 Å². The lowest BCUT2D eigenvalue weighted by atomic mass is 10.1. The number of fused-ring (bicyclic) bond motifs is 1. The van der Waals surface area contributed by atoms with E-state index in [2.05, 4.69) is 11.0 Å². The fraction of sp³-hybridized carbons (Fsp3) is 0.462. The Kier molecular flexibility index (Phi) is 2.73. The maximum absolute atomic E-state index is 8.20. The first kappa shape index (κ1) is 10.6. The Hall–Kier alpha value is -1.55. The number of nitrogens with one attached hydrogen (secondary N) is 1. The van der Waals surface area contributed by atoms with Crippen LogP contribution < -0.4 is 4.74 Å². The summed E-state index contributed by atoms with van der Waals surface area (Å²) in [5.74, 6) is 1.51. The van der Waals surface area contributed by atoms with E-state index in [1.807, 2.05) is 18.2 Å². The molecule has 90 valence electrons. The van der Waals surface area contributed by atoms with Gasteiger partial charge in [-0.25, -0.2) is 0 Å². The molecule has 4 heteroatoms. The summed E-state index contributed by atoms with van der Waals surface area (Å²) >= 11 is 0. The second-order valence-electron chi connectivity index (χ2n) is 4.40. The molecular weight excluding hydrogens is 216 g/mol. The zero-order valence-electron chi connectivity index (χ0n) is 9.69. The third kappa shape index (κ3) is 2.00. The maximum Gasteiger partial charge on any atom is 0.159 e. The van der Waals surface area contributed by atoms with Crippen molar-refractivity contribution in [2.45, 2.75) is 12.5 Å². The van der Waals surface area contributed by atoms with Crippen molar-refractivity contribution in [3.63, 3.8) is 0 Å². The van der Waals surface area contributed by atoms with Gasteiger partial charge in [0.1, 0.15) is 11.6 Å². The van der Waals surface area contributed by atoms with Crippen LogP contribution in [0.5, 0.6) is 5.75 Å². The summed E-state index contributed by atoms with van der Waals surface area (Å²) in [5.41, 5.74) is 1.20. The molecule has 0 saturated carbocycles. The second-order valence-corrected chi connectivity index (χ2v) is 4.40. The summed E-state index contributed by atoms with van der Waals surface area (Å²) in [6.45, 7) is 3.02. The van der Waals surface area contributed by atoms with E-state index < -0.39 is 0 Å². The number of morpholine rings is 1. The molecule has 0 aliphatic carbocycles. The Morgan fingerprint density at radius 2 is 2.00 bits per heavy atom. The van der Waals surface area contributed by atoms with Crippen molar-refractivity contribution in [1.82, 2.24) is 4.90 Å². The van der Waals surface area contributed by atoms with Gasteiger partial charge in [0.05, 0.1) is 13.2 Å². The van der Waals surface area contributed by atoms with Crippen molar-refractivity contribution >= 4 is 5.84 Å². The topological polar surface area (TPSA) is 45.5 Å². The van der Waals surface area contributed by atoms with Crippen molar-refractivity contribution in [2.75, 3.05) is 26.3 Å². The van der Waals surface area contributed by atoms with Crippen LogP contribution in [0.1, 0.15) is 5.56 Å². The summed E-state index contributed by atoms with van der Waals surface area (Å²) in [7, 11) is 0. The van der Waals surface area contributed by atoms with Crippen LogP contribution in [0.25, 0.3) is 0 Å². The molecule has 1 aromatic carbocycles. The third-order valence-corrected chi connectivity index (χ3v) is 3.30. The molecule has 4 nitrogen and oxygen atoms in total. The van der Waals surface area contributed by atoms with Crippen LogP contribution in [0.15, 0.2) is 24.3 Å². The number of nitrogens with zero attached hydrogens (tertiary/aromatic N) is 1. The van der Waals surface area contributed by atoms with Crippen molar-refractivity contribution in [3.05, 3.63) is 29.8 Å². The smallest absolute Gasteiger partial charge is 0.159 e. The first-order valence-corrected chi connectivity index (χ1v) is 6.00. The SMILES string of the molecule is N=C(C1Cc2ccccc2O1)N1CCOCC1. The van der Waals surface area contributed by atoms with Crippen molar-refractivity contribution in [1.29, 1.82) is 5.41 Å². The molecule has 0 spiro atoms. The van der Waals surface area contributed by atoms with Gasteiger partial charge in [0.2, 0.25) is 0 Å². The highest BCUT2D eigenvalue weighted by atomic mass is 16.5. The quantitative estimate of drug-likeness (QED) is 0.586. The first-order valence-electron chi connectivity index (χ1n) is 6.00. The molecule has 0 bridgehead atoms. The monoisotopic (exact) mass is 232 g/mol. The van der Waals surface area contributed by atoms with Gasteiger partial charge in [-0.3, -0.25) is 5.41 Å². The average Bonchev–Trinajstić information content (AvgIpc) is 2.82. The third-order valence-electron chi connectivity index (χ3n) is 3.30. The van der Waals surface area contributed by atoms with Crippen molar-refractivity contribution in [3.8, 4) is 5.75 Å². The summed E-state index contributed by atoms with van der Waals surface area (Å²) < 4.78 is 11.1. The minimum Gasteiger partial charge on any atom is -0.482 e. The lowest BCUT2D eigenvalue weighted by Crippen LogP contribution is -2.46. The summed E-state index contributed by atoms with van der Waals surface area (Å²) in [6.07, 6.45) is 0.692. The van der Waals surface area contributed by atoms with Crippen LogP contribution in [0.4, 0.5) is 0 Å². The van der Waals surface area contributed by atoms with Gasteiger partial charge < -0.3 is 14.4 Å². The molecule has 2 aliphatic heterocycles. The van der Waals surface area contributed by atoms with Crippen molar-refractivity contribution < 1.29 is 9.47 Å². The van der Waals surface area contributed by atoms with Gasteiger partial charge in [-0.1, -0.05) is 18.2 Å². The molecule has 2 aliphatic rings. The highest BCUT2D eigenvalue weighted by molar-refractivity contribution is 5.85. The van der Waals surface area contributed by atoms with Gasteiger partial charge in [0.25, 0.3) is 0 Å². The number of para-hydroxylation sites is 1. The highest BCUT2D eigenvalue weighted by Crippen LogP contribution is 2.29. The number of hydrogen-bond acceptors (Lipinski definition) is 3. The van der Waals surface area contributed by atoms with Crippen LogP contribution in [-0.4, -0.2) is 43.1 Å². The number of hydrogen-bond donors (Lipinski definition) is 1. The molecule has 1 saturated heterocycles. The molecule has 1 N–H and O–H groups in total.